The Morgan fingerprint density at radius 1 is 1.19 bits per heavy atom. The summed E-state index contributed by atoms with van der Waals surface area (Å²) >= 11 is 0. The largest absolute Gasteiger partial charge is 0.342 e. The van der Waals surface area contributed by atoms with Crippen molar-refractivity contribution in [3.05, 3.63) is 0 Å². The first-order valence-electron chi connectivity index (χ1n) is 6.06. The van der Waals surface area contributed by atoms with Crippen LogP contribution in [0.5, 0.6) is 0 Å². The van der Waals surface area contributed by atoms with Gasteiger partial charge in [-0.3, -0.25) is 9.69 Å². The molecule has 0 aromatic carbocycles. The van der Waals surface area contributed by atoms with E-state index in [4.69, 9.17) is 5.26 Å². The van der Waals surface area contributed by atoms with E-state index in [0.29, 0.717) is 13.1 Å². The van der Waals surface area contributed by atoms with E-state index in [1.54, 1.807) is 0 Å². The highest BCUT2D eigenvalue weighted by molar-refractivity contribution is 5.78. The van der Waals surface area contributed by atoms with Crippen molar-refractivity contribution in [2.45, 2.75) is 33.6 Å². The van der Waals surface area contributed by atoms with Crippen LogP contribution in [0.3, 0.4) is 0 Å². The minimum absolute atomic E-state index is 0.140. The molecule has 0 N–H and O–H groups in total. The highest BCUT2D eigenvalue weighted by Crippen LogP contribution is 1.98. The molecule has 0 unspecified atom stereocenters. The Morgan fingerprint density at radius 2 is 1.75 bits per heavy atom. The highest BCUT2D eigenvalue weighted by Gasteiger charge is 2.14. The first-order chi connectivity index (χ1) is 7.69. The summed E-state index contributed by atoms with van der Waals surface area (Å²) in [6, 6.07) is 2.08. The van der Waals surface area contributed by atoms with Gasteiger partial charge in [0, 0.05) is 13.1 Å². The number of rotatable bonds is 8. The average molecular weight is 225 g/mol. The van der Waals surface area contributed by atoms with E-state index in [-0.39, 0.29) is 5.91 Å². The van der Waals surface area contributed by atoms with E-state index in [2.05, 4.69) is 19.9 Å². The molecule has 0 aromatic heterocycles. The molecule has 0 radical (unpaired) electrons. The number of hydrogen-bond acceptors (Lipinski definition) is 3. The van der Waals surface area contributed by atoms with Gasteiger partial charge in [0.15, 0.2) is 0 Å². The van der Waals surface area contributed by atoms with Gasteiger partial charge in [0.2, 0.25) is 5.91 Å². The molecule has 0 atom stereocenters. The second kappa shape index (κ2) is 9.17. The summed E-state index contributed by atoms with van der Waals surface area (Å²) < 4.78 is 0. The number of carbonyl (C=O) groups excluding carboxylic acids is 1. The molecule has 4 nitrogen and oxygen atoms in total. The third-order valence-corrected chi connectivity index (χ3v) is 2.44. The Morgan fingerprint density at radius 3 is 2.12 bits per heavy atom. The van der Waals surface area contributed by atoms with Gasteiger partial charge in [-0.2, -0.15) is 5.26 Å². The molecule has 0 saturated carbocycles. The Balaban J connectivity index is 4.21. The van der Waals surface area contributed by atoms with Gasteiger partial charge in [-0.25, -0.2) is 0 Å². The van der Waals surface area contributed by atoms with Gasteiger partial charge in [0.1, 0.15) is 0 Å². The Bertz CT molecular complexity index is 229. The van der Waals surface area contributed by atoms with Crippen molar-refractivity contribution in [3.63, 3.8) is 0 Å². The maximum atomic E-state index is 11.9. The predicted octanol–water partition coefficient (Wildman–Crippen LogP) is 1.48. The van der Waals surface area contributed by atoms with Crippen LogP contribution in [0.25, 0.3) is 0 Å². The molecule has 4 heteroatoms. The second-order valence-corrected chi connectivity index (χ2v) is 3.84. The third kappa shape index (κ3) is 5.72. The van der Waals surface area contributed by atoms with Crippen molar-refractivity contribution < 1.29 is 4.79 Å². The van der Waals surface area contributed by atoms with E-state index in [1.165, 1.54) is 0 Å². The minimum Gasteiger partial charge on any atom is -0.342 e. The van der Waals surface area contributed by atoms with Crippen LogP contribution in [-0.2, 0) is 4.79 Å². The summed E-state index contributed by atoms with van der Waals surface area (Å²) in [5.41, 5.74) is 0. The maximum Gasteiger partial charge on any atom is 0.236 e. The van der Waals surface area contributed by atoms with Crippen LogP contribution in [0.2, 0.25) is 0 Å². The van der Waals surface area contributed by atoms with Crippen molar-refractivity contribution >= 4 is 5.91 Å². The molecule has 0 saturated heterocycles. The molecule has 0 fully saturated rings. The number of carbonyl (C=O) groups is 1. The van der Waals surface area contributed by atoms with Crippen LogP contribution in [0.4, 0.5) is 0 Å². The van der Waals surface area contributed by atoms with Gasteiger partial charge in [0.25, 0.3) is 0 Å². The molecule has 0 aliphatic heterocycles. The topological polar surface area (TPSA) is 47.3 Å². The molecule has 0 spiro atoms. The summed E-state index contributed by atoms with van der Waals surface area (Å²) in [6.07, 6.45) is 1.96. The lowest BCUT2D eigenvalue weighted by molar-refractivity contribution is -0.132. The normalized spacial score (nSPS) is 10.2. The van der Waals surface area contributed by atoms with Crippen molar-refractivity contribution in [1.82, 2.24) is 9.80 Å². The lowest BCUT2D eigenvalue weighted by atomic mass is 10.3. The molecule has 0 rings (SSSR count). The smallest absolute Gasteiger partial charge is 0.236 e. The summed E-state index contributed by atoms with van der Waals surface area (Å²) in [5, 5.41) is 8.61. The molecule has 0 heterocycles. The molecular weight excluding hydrogens is 202 g/mol. The summed E-state index contributed by atoms with van der Waals surface area (Å²) in [7, 11) is 0. The lowest BCUT2D eigenvalue weighted by Gasteiger charge is -2.25. The fourth-order valence-electron chi connectivity index (χ4n) is 1.57. The first-order valence-corrected chi connectivity index (χ1v) is 6.06. The fraction of sp³-hybridized carbons (Fsp3) is 0.833. The molecule has 0 bridgehead atoms. The number of nitrogens with zero attached hydrogens (tertiary/aromatic N) is 3. The second-order valence-electron chi connectivity index (χ2n) is 3.84. The monoisotopic (exact) mass is 225 g/mol. The third-order valence-electron chi connectivity index (χ3n) is 2.44. The minimum atomic E-state index is 0.140. The van der Waals surface area contributed by atoms with Crippen molar-refractivity contribution in [1.29, 1.82) is 5.26 Å². The standard InChI is InChI=1S/C12H23N3O/c1-4-8-15(9-5-2)12(16)11-14(6-3)10-7-13/h4-6,8-11H2,1-3H3. The Kier molecular flexibility index (Phi) is 8.55. The summed E-state index contributed by atoms with van der Waals surface area (Å²) in [4.78, 5) is 15.7. The lowest BCUT2D eigenvalue weighted by Crippen LogP contribution is -2.41. The number of nitriles is 1. The van der Waals surface area contributed by atoms with E-state index < -0.39 is 0 Å². The Labute approximate surface area is 98.8 Å². The van der Waals surface area contributed by atoms with Gasteiger partial charge < -0.3 is 4.90 Å². The van der Waals surface area contributed by atoms with Crippen molar-refractivity contribution in [2.24, 2.45) is 0 Å². The molecule has 0 aliphatic carbocycles. The average Bonchev–Trinajstić information content (AvgIpc) is 2.28. The van der Waals surface area contributed by atoms with Crippen LogP contribution in [0.15, 0.2) is 0 Å². The first kappa shape index (κ1) is 14.9. The van der Waals surface area contributed by atoms with Crippen LogP contribution in [0, 0.1) is 11.3 Å². The SMILES string of the molecule is CCCN(CCC)C(=O)CN(CC)CC#N. The predicted molar refractivity (Wildman–Crippen MR) is 64.9 cm³/mol. The number of likely N-dealkylation sites (N-methyl/N-ethyl adjacent to an activating group) is 1. The summed E-state index contributed by atoms with van der Waals surface area (Å²) in [6.45, 7) is 9.18. The zero-order valence-electron chi connectivity index (χ0n) is 10.7. The van der Waals surface area contributed by atoms with Gasteiger partial charge in [-0.05, 0) is 19.4 Å². The molecule has 0 aromatic rings. The van der Waals surface area contributed by atoms with Gasteiger partial charge in [-0.15, -0.1) is 0 Å². The summed E-state index contributed by atoms with van der Waals surface area (Å²) in [5.74, 6) is 0.140. The number of hydrogen-bond donors (Lipinski definition) is 0. The van der Waals surface area contributed by atoms with E-state index in [9.17, 15) is 4.79 Å². The zero-order chi connectivity index (χ0) is 12.4. The van der Waals surface area contributed by atoms with E-state index in [0.717, 1.165) is 32.5 Å². The fourth-order valence-corrected chi connectivity index (χ4v) is 1.57. The van der Waals surface area contributed by atoms with Gasteiger partial charge >= 0.3 is 0 Å². The van der Waals surface area contributed by atoms with Crippen molar-refractivity contribution in [3.8, 4) is 6.07 Å². The quantitative estimate of drug-likeness (QED) is 0.588. The van der Waals surface area contributed by atoms with Crippen molar-refractivity contribution in [2.75, 3.05) is 32.7 Å². The molecule has 0 aliphatic rings. The maximum absolute atomic E-state index is 11.9. The van der Waals surface area contributed by atoms with Gasteiger partial charge in [-0.1, -0.05) is 20.8 Å². The molecule has 16 heavy (non-hydrogen) atoms. The van der Waals surface area contributed by atoms with E-state index >= 15 is 0 Å². The van der Waals surface area contributed by atoms with Gasteiger partial charge in [0.05, 0.1) is 19.2 Å². The van der Waals surface area contributed by atoms with Crippen LogP contribution >= 0.6 is 0 Å². The highest BCUT2D eigenvalue weighted by atomic mass is 16.2. The zero-order valence-corrected chi connectivity index (χ0v) is 10.7. The molecule has 1 amide bonds. The molecular formula is C12H23N3O. The van der Waals surface area contributed by atoms with Crippen LogP contribution in [0.1, 0.15) is 33.6 Å². The molecule has 92 valence electrons. The Hall–Kier alpha value is -1.08. The van der Waals surface area contributed by atoms with Crippen LogP contribution < -0.4 is 0 Å². The van der Waals surface area contributed by atoms with E-state index in [1.807, 2.05) is 16.7 Å². The number of amides is 1. The van der Waals surface area contributed by atoms with Crippen LogP contribution in [-0.4, -0.2) is 48.4 Å².